The number of aryl methyl sites for hydroxylation is 1. The minimum absolute atomic E-state index is 0.229. The number of esters is 1. The molecule has 70 valence electrons. The molecular formula is C10H13NO2. The molecule has 0 radical (unpaired) electrons. The molecule has 3 nitrogen and oxygen atoms in total. The molecule has 0 bridgehead atoms. The van der Waals surface area contributed by atoms with E-state index in [9.17, 15) is 4.79 Å². The van der Waals surface area contributed by atoms with Crippen LogP contribution in [0.1, 0.15) is 11.1 Å². The van der Waals surface area contributed by atoms with Crippen LogP contribution in [0.4, 0.5) is 5.69 Å². The second-order valence-electron chi connectivity index (χ2n) is 2.94. The summed E-state index contributed by atoms with van der Waals surface area (Å²) in [6.07, 6.45) is 0.308. The van der Waals surface area contributed by atoms with Gasteiger partial charge in [-0.05, 0) is 30.2 Å². The van der Waals surface area contributed by atoms with Gasteiger partial charge < -0.3 is 10.5 Å². The maximum absolute atomic E-state index is 11.0. The van der Waals surface area contributed by atoms with Gasteiger partial charge in [0.2, 0.25) is 0 Å². The number of hydrogen-bond donors (Lipinski definition) is 1. The molecule has 0 saturated carbocycles. The molecule has 13 heavy (non-hydrogen) atoms. The van der Waals surface area contributed by atoms with Crippen LogP contribution in [0.15, 0.2) is 18.2 Å². The van der Waals surface area contributed by atoms with Gasteiger partial charge in [-0.2, -0.15) is 0 Å². The van der Waals surface area contributed by atoms with Crippen molar-refractivity contribution in [2.75, 3.05) is 12.8 Å². The molecule has 0 aliphatic heterocycles. The zero-order chi connectivity index (χ0) is 9.84. The first-order chi connectivity index (χ1) is 6.13. The van der Waals surface area contributed by atoms with E-state index in [1.807, 2.05) is 19.1 Å². The fourth-order valence-electron chi connectivity index (χ4n) is 1.15. The molecule has 0 aliphatic carbocycles. The number of benzene rings is 1. The van der Waals surface area contributed by atoms with Gasteiger partial charge in [-0.15, -0.1) is 0 Å². The van der Waals surface area contributed by atoms with Gasteiger partial charge in [0.05, 0.1) is 13.5 Å². The Hall–Kier alpha value is -1.51. The van der Waals surface area contributed by atoms with E-state index in [1.54, 1.807) is 6.07 Å². The van der Waals surface area contributed by atoms with Crippen LogP contribution in [0.5, 0.6) is 0 Å². The molecule has 0 fully saturated rings. The Kier molecular flexibility index (Phi) is 2.90. The van der Waals surface area contributed by atoms with E-state index in [1.165, 1.54) is 7.11 Å². The summed E-state index contributed by atoms with van der Waals surface area (Å²) in [5.41, 5.74) is 8.27. The molecule has 1 aromatic rings. The molecule has 0 spiro atoms. The van der Waals surface area contributed by atoms with Crippen LogP contribution in [-0.2, 0) is 16.0 Å². The zero-order valence-electron chi connectivity index (χ0n) is 7.83. The van der Waals surface area contributed by atoms with Crippen molar-refractivity contribution < 1.29 is 9.53 Å². The van der Waals surface area contributed by atoms with Crippen molar-refractivity contribution in [3.8, 4) is 0 Å². The number of carbonyl (C=O) groups is 1. The van der Waals surface area contributed by atoms with Gasteiger partial charge in [0.1, 0.15) is 0 Å². The predicted molar refractivity (Wildman–Crippen MR) is 51.3 cm³/mol. The summed E-state index contributed by atoms with van der Waals surface area (Å²) in [4.78, 5) is 11.0. The quantitative estimate of drug-likeness (QED) is 0.549. The topological polar surface area (TPSA) is 52.3 Å². The molecule has 0 aliphatic rings. The van der Waals surface area contributed by atoms with Crippen molar-refractivity contribution in [2.45, 2.75) is 13.3 Å². The van der Waals surface area contributed by atoms with E-state index < -0.39 is 0 Å². The fourth-order valence-corrected chi connectivity index (χ4v) is 1.15. The Balaban J connectivity index is 2.83. The van der Waals surface area contributed by atoms with Crippen LogP contribution < -0.4 is 5.73 Å². The summed E-state index contributed by atoms with van der Waals surface area (Å²) < 4.78 is 4.57. The molecule has 1 rings (SSSR count). The van der Waals surface area contributed by atoms with Crippen LogP contribution in [0.25, 0.3) is 0 Å². The lowest BCUT2D eigenvalue weighted by atomic mass is 10.1. The van der Waals surface area contributed by atoms with E-state index >= 15 is 0 Å². The van der Waals surface area contributed by atoms with Crippen LogP contribution in [0.2, 0.25) is 0 Å². The Labute approximate surface area is 77.5 Å². The lowest BCUT2D eigenvalue weighted by Crippen LogP contribution is -2.05. The van der Waals surface area contributed by atoms with E-state index in [0.717, 1.165) is 11.1 Å². The van der Waals surface area contributed by atoms with Crippen molar-refractivity contribution in [3.05, 3.63) is 29.3 Å². The Morgan fingerprint density at radius 1 is 1.54 bits per heavy atom. The largest absolute Gasteiger partial charge is 0.469 e. The first kappa shape index (κ1) is 9.58. The Morgan fingerprint density at radius 3 is 2.77 bits per heavy atom. The number of anilines is 1. The number of carbonyl (C=O) groups excluding carboxylic acids is 1. The lowest BCUT2D eigenvalue weighted by Gasteiger charge is -2.04. The molecule has 0 heterocycles. The van der Waals surface area contributed by atoms with E-state index in [4.69, 9.17) is 5.73 Å². The third-order valence-electron chi connectivity index (χ3n) is 1.93. The monoisotopic (exact) mass is 179 g/mol. The summed E-state index contributed by atoms with van der Waals surface area (Å²) in [6.45, 7) is 1.93. The normalized spacial score (nSPS) is 9.69. The minimum Gasteiger partial charge on any atom is -0.469 e. The number of ether oxygens (including phenoxy) is 1. The van der Waals surface area contributed by atoms with Gasteiger partial charge in [0, 0.05) is 5.69 Å². The zero-order valence-corrected chi connectivity index (χ0v) is 7.83. The summed E-state index contributed by atoms with van der Waals surface area (Å²) in [6, 6.07) is 5.48. The maximum atomic E-state index is 11.0. The first-order valence-electron chi connectivity index (χ1n) is 4.05. The average molecular weight is 179 g/mol. The Bertz CT molecular complexity index is 321. The van der Waals surface area contributed by atoms with Crippen LogP contribution in [0, 0.1) is 6.92 Å². The Morgan fingerprint density at radius 2 is 2.23 bits per heavy atom. The highest BCUT2D eigenvalue weighted by Crippen LogP contribution is 2.13. The average Bonchev–Trinajstić information content (AvgIpc) is 2.09. The fraction of sp³-hybridized carbons (Fsp3) is 0.300. The molecule has 0 amide bonds. The van der Waals surface area contributed by atoms with Gasteiger partial charge in [-0.3, -0.25) is 4.79 Å². The predicted octanol–water partition coefficient (Wildman–Crippen LogP) is 1.29. The van der Waals surface area contributed by atoms with Crippen molar-refractivity contribution >= 4 is 11.7 Å². The SMILES string of the molecule is COC(=O)Cc1ccc(N)cc1C. The molecule has 0 saturated heterocycles. The lowest BCUT2D eigenvalue weighted by molar-refractivity contribution is -0.139. The smallest absolute Gasteiger partial charge is 0.309 e. The third kappa shape index (κ3) is 2.47. The number of rotatable bonds is 2. The maximum Gasteiger partial charge on any atom is 0.309 e. The highest BCUT2D eigenvalue weighted by molar-refractivity contribution is 5.73. The number of nitrogen functional groups attached to an aromatic ring is 1. The molecular weight excluding hydrogens is 166 g/mol. The highest BCUT2D eigenvalue weighted by atomic mass is 16.5. The molecule has 2 N–H and O–H groups in total. The minimum atomic E-state index is -0.229. The summed E-state index contributed by atoms with van der Waals surface area (Å²) in [5.74, 6) is -0.229. The molecule has 0 atom stereocenters. The first-order valence-corrected chi connectivity index (χ1v) is 4.05. The third-order valence-corrected chi connectivity index (χ3v) is 1.93. The summed E-state index contributed by atoms with van der Waals surface area (Å²) in [7, 11) is 1.38. The van der Waals surface area contributed by atoms with Crippen LogP contribution in [0.3, 0.4) is 0 Å². The number of hydrogen-bond acceptors (Lipinski definition) is 3. The second kappa shape index (κ2) is 3.94. The second-order valence-corrected chi connectivity index (χ2v) is 2.94. The molecule has 0 unspecified atom stereocenters. The summed E-state index contributed by atoms with van der Waals surface area (Å²) in [5, 5.41) is 0. The van der Waals surface area contributed by atoms with Gasteiger partial charge in [0.15, 0.2) is 0 Å². The van der Waals surface area contributed by atoms with E-state index in [0.29, 0.717) is 12.1 Å². The molecule has 3 heteroatoms. The number of methoxy groups -OCH3 is 1. The summed E-state index contributed by atoms with van der Waals surface area (Å²) >= 11 is 0. The van der Waals surface area contributed by atoms with Crippen LogP contribution in [-0.4, -0.2) is 13.1 Å². The molecule has 1 aromatic carbocycles. The van der Waals surface area contributed by atoms with Crippen molar-refractivity contribution in [3.63, 3.8) is 0 Å². The van der Waals surface area contributed by atoms with Crippen molar-refractivity contribution in [1.82, 2.24) is 0 Å². The van der Waals surface area contributed by atoms with Crippen molar-refractivity contribution in [1.29, 1.82) is 0 Å². The standard InChI is InChI=1S/C10H13NO2/c1-7-5-9(11)4-3-8(7)6-10(12)13-2/h3-5H,6,11H2,1-2H3. The number of nitrogens with two attached hydrogens (primary N) is 1. The van der Waals surface area contributed by atoms with E-state index in [-0.39, 0.29) is 5.97 Å². The van der Waals surface area contributed by atoms with Gasteiger partial charge >= 0.3 is 5.97 Å². The molecule has 0 aromatic heterocycles. The van der Waals surface area contributed by atoms with Gasteiger partial charge in [-0.1, -0.05) is 6.07 Å². The van der Waals surface area contributed by atoms with Gasteiger partial charge in [-0.25, -0.2) is 0 Å². The highest BCUT2D eigenvalue weighted by Gasteiger charge is 2.05. The van der Waals surface area contributed by atoms with Crippen molar-refractivity contribution in [2.24, 2.45) is 0 Å². The van der Waals surface area contributed by atoms with Gasteiger partial charge in [0.25, 0.3) is 0 Å². The van der Waals surface area contributed by atoms with E-state index in [2.05, 4.69) is 4.74 Å². The van der Waals surface area contributed by atoms with Crippen LogP contribution >= 0.6 is 0 Å².